The summed E-state index contributed by atoms with van der Waals surface area (Å²) < 4.78 is 7.36. The van der Waals surface area contributed by atoms with Crippen LogP contribution in [0.2, 0.25) is 0 Å². The van der Waals surface area contributed by atoms with Gasteiger partial charge in [0.05, 0.1) is 12.7 Å². The number of ether oxygens (including phenoxy) is 1. The van der Waals surface area contributed by atoms with E-state index in [1.165, 1.54) is 0 Å². The molecule has 1 aliphatic heterocycles. The molecule has 0 unspecified atom stereocenters. The zero-order valence-electron chi connectivity index (χ0n) is 13.7. The highest BCUT2D eigenvalue weighted by atomic mass is 16.5. The molecule has 136 valence electrons. The number of aliphatic hydroxyl groups is 2. The van der Waals surface area contributed by atoms with Crippen LogP contribution in [0.4, 0.5) is 11.6 Å². The average molecular weight is 358 g/mol. The van der Waals surface area contributed by atoms with Crippen molar-refractivity contribution in [3.63, 3.8) is 0 Å². The van der Waals surface area contributed by atoms with Crippen LogP contribution in [-0.4, -0.2) is 48.5 Å². The zero-order chi connectivity index (χ0) is 18.4. The molecule has 1 aromatic carbocycles. The lowest BCUT2D eigenvalue weighted by atomic mass is 10.1. The Labute approximate surface area is 147 Å². The number of benzene rings is 1. The number of nitrogen functional groups attached to an aromatic ring is 2. The molecular weight excluding hydrogens is 340 g/mol. The van der Waals surface area contributed by atoms with Crippen molar-refractivity contribution >= 4 is 22.8 Å². The Balaban J connectivity index is 1.95. The number of nitrogens with one attached hydrogen (secondary N) is 1. The maximum Gasteiger partial charge on any atom is 0.280 e. The van der Waals surface area contributed by atoms with Gasteiger partial charge in [0.25, 0.3) is 5.56 Å². The van der Waals surface area contributed by atoms with Gasteiger partial charge in [0.1, 0.15) is 18.2 Å². The predicted molar refractivity (Wildman–Crippen MR) is 94.0 cm³/mol. The highest BCUT2D eigenvalue weighted by Gasteiger charge is 2.37. The predicted octanol–water partition coefficient (Wildman–Crippen LogP) is -0.408. The zero-order valence-corrected chi connectivity index (χ0v) is 13.7. The number of H-pyrrole nitrogens is 1. The largest absolute Gasteiger partial charge is 0.399 e. The van der Waals surface area contributed by atoms with Crippen molar-refractivity contribution in [1.29, 1.82) is 0 Å². The van der Waals surface area contributed by atoms with E-state index in [-0.39, 0.29) is 30.1 Å². The third-order valence-electron chi connectivity index (χ3n) is 4.41. The summed E-state index contributed by atoms with van der Waals surface area (Å²) in [5.41, 5.74) is 12.6. The molecule has 3 heterocycles. The Kier molecular flexibility index (Phi) is 3.87. The molecule has 1 saturated heterocycles. The quantitative estimate of drug-likeness (QED) is 0.394. The van der Waals surface area contributed by atoms with Crippen LogP contribution in [0.1, 0.15) is 12.6 Å². The third kappa shape index (κ3) is 2.60. The van der Waals surface area contributed by atoms with Crippen molar-refractivity contribution in [1.82, 2.24) is 19.5 Å². The fourth-order valence-electron chi connectivity index (χ4n) is 3.15. The lowest BCUT2D eigenvalue weighted by Crippen LogP contribution is -2.24. The van der Waals surface area contributed by atoms with Crippen LogP contribution in [0.5, 0.6) is 0 Å². The van der Waals surface area contributed by atoms with E-state index in [2.05, 4.69) is 15.0 Å². The van der Waals surface area contributed by atoms with Crippen LogP contribution in [0, 0.1) is 0 Å². The van der Waals surface area contributed by atoms with Gasteiger partial charge in [-0.25, -0.2) is 4.98 Å². The number of nitrogens with two attached hydrogens (primary N) is 2. The van der Waals surface area contributed by atoms with Gasteiger partial charge in [0.2, 0.25) is 5.95 Å². The van der Waals surface area contributed by atoms with E-state index < -0.39 is 24.0 Å². The van der Waals surface area contributed by atoms with Gasteiger partial charge >= 0.3 is 0 Å². The highest BCUT2D eigenvalue weighted by molar-refractivity contribution is 5.77. The number of imidazole rings is 1. The Morgan fingerprint density at radius 1 is 1.27 bits per heavy atom. The van der Waals surface area contributed by atoms with Crippen LogP contribution in [0.3, 0.4) is 0 Å². The molecular formula is C16H18N6O4. The summed E-state index contributed by atoms with van der Waals surface area (Å²) in [7, 11) is 0. The van der Waals surface area contributed by atoms with Crippen LogP contribution >= 0.6 is 0 Å². The maximum atomic E-state index is 12.2. The van der Waals surface area contributed by atoms with E-state index >= 15 is 0 Å². The minimum Gasteiger partial charge on any atom is -0.399 e. The minimum absolute atomic E-state index is 0.0511. The maximum absolute atomic E-state index is 12.2. The number of hydrogen-bond acceptors (Lipinski definition) is 8. The molecule has 10 heteroatoms. The number of anilines is 2. The molecule has 1 aliphatic rings. The van der Waals surface area contributed by atoms with Gasteiger partial charge in [0, 0.05) is 17.7 Å². The summed E-state index contributed by atoms with van der Waals surface area (Å²) in [6, 6.07) is 6.96. The van der Waals surface area contributed by atoms with Crippen LogP contribution in [0.25, 0.3) is 22.6 Å². The highest BCUT2D eigenvalue weighted by Crippen LogP contribution is 2.35. The van der Waals surface area contributed by atoms with Gasteiger partial charge in [-0.2, -0.15) is 4.98 Å². The monoisotopic (exact) mass is 358 g/mol. The number of aromatic amines is 1. The fraction of sp³-hybridized carbons (Fsp3) is 0.312. The summed E-state index contributed by atoms with van der Waals surface area (Å²) in [4.78, 5) is 23.3. The molecule has 7 N–H and O–H groups in total. The topological polar surface area (TPSA) is 165 Å². The summed E-state index contributed by atoms with van der Waals surface area (Å²) in [6.45, 7) is -0.322. The number of hydrogen-bond donors (Lipinski definition) is 5. The number of aromatic nitrogens is 4. The molecule has 4 rings (SSSR count). The molecule has 0 spiro atoms. The first-order valence-corrected chi connectivity index (χ1v) is 8.06. The number of rotatable bonds is 3. The van der Waals surface area contributed by atoms with Crippen molar-refractivity contribution in [2.45, 2.75) is 24.9 Å². The second-order valence-electron chi connectivity index (χ2n) is 6.17. The average Bonchev–Trinajstić information content (AvgIpc) is 3.16. The van der Waals surface area contributed by atoms with Gasteiger partial charge in [0.15, 0.2) is 11.2 Å². The smallest absolute Gasteiger partial charge is 0.280 e. The molecule has 3 aromatic rings. The van der Waals surface area contributed by atoms with Gasteiger partial charge in [-0.05, 0) is 24.3 Å². The van der Waals surface area contributed by atoms with E-state index in [0.29, 0.717) is 17.1 Å². The fourth-order valence-corrected chi connectivity index (χ4v) is 3.15. The van der Waals surface area contributed by atoms with E-state index in [4.69, 9.17) is 16.2 Å². The number of aliphatic hydroxyl groups excluding tert-OH is 2. The lowest BCUT2D eigenvalue weighted by Gasteiger charge is -2.17. The van der Waals surface area contributed by atoms with Gasteiger partial charge in [-0.15, -0.1) is 0 Å². The molecule has 26 heavy (non-hydrogen) atoms. The van der Waals surface area contributed by atoms with Crippen molar-refractivity contribution < 1.29 is 14.9 Å². The molecule has 0 aliphatic carbocycles. The third-order valence-corrected chi connectivity index (χ3v) is 4.41. The van der Waals surface area contributed by atoms with Gasteiger partial charge in [-0.3, -0.25) is 14.3 Å². The van der Waals surface area contributed by atoms with E-state index in [9.17, 15) is 15.0 Å². The molecule has 0 saturated carbocycles. The van der Waals surface area contributed by atoms with Crippen LogP contribution in [-0.2, 0) is 4.74 Å². The molecule has 0 bridgehead atoms. The van der Waals surface area contributed by atoms with E-state index in [1.54, 1.807) is 28.8 Å². The first kappa shape index (κ1) is 16.5. The summed E-state index contributed by atoms with van der Waals surface area (Å²) in [6.07, 6.45) is -2.02. The van der Waals surface area contributed by atoms with Crippen LogP contribution in [0.15, 0.2) is 29.1 Å². The molecule has 0 radical (unpaired) electrons. The molecule has 1 fully saturated rings. The van der Waals surface area contributed by atoms with Crippen LogP contribution < -0.4 is 17.0 Å². The first-order chi connectivity index (χ1) is 12.5. The van der Waals surface area contributed by atoms with E-state index in [1.807, 2.05) is 0 Å². The summed E-state index contributed by atoms with van der Waals surface area (Å²) in [5.74, 6) is 0.379. The molecule has 0 amide bonds. The SMILES string of the molecule is Nc1ccc(-c2nc3c(=O)[nH]c(N)nc3n2[C@H]2C[C@H](O)[C@@H](CO)O2)cc1. The molecule has 10 nitrogen and oxygen atoms in total. The number of nitrogens with zero attached hydrogens (tertiary/aromatic N) is 3. The lowest BCUT2D eigenvalue weighted by molar-refractivity contribution is -0.0426. The Bertz CT molecular complexity index is 1010. The molecule has 2 aromatic heterocycles. The second-order valence-corrected chi connectivity index (χ2v) is 6.17. The normalized spacial score (nSPS) is 22.9. The Morgan fingerprint density at radius 2 is 2.00 bits per heavy atom. The molecule has 3 atom stereocenters. The number of fused-ring (bicyclic) bond motifs is 1. The van der Waals surface area contributed by atoms with Gasteiger partial charge < -0.3 is 26.4 Å². The summed E-state index contributed by atoms with van der Waals surface area (Å²) in [5, 5.41) is 19.4. The van der Waals surface area contributed by atoms with Crippen molar-refractivity contribution in [3.8, 4) is 11.4 Å². The van der Waals surface area contributed by atoms with Crippen molar-refractivity contribution in [2.75, 3.05) is 18.1 Å². The van der Waals surface area contributed by atoms with Gasteiger partial charge in [-0.1, -0.05) is 0 Å². The van der Waals surface area contributed by atoms with E-state index in [0.717, 1.165) is 0 Å². The summed E-state index contributed by atoms with van der Waals surface area (Å²) >= 11 is 0. The van der Waals surface area contributed by atoms with Crippen molar-refractivity contribution in [2.24, 2.45) is 0 Å². The first-order valence-electron chi connectivity index (χ1n) is 8.06. The Hall–Kier alpha value is -2.95. The second kappa shape index (κ2) is 6.09. The minimum atomic E-state index is -0.846. The standard InChI is InChI=1S/C16H18N6O4/c17-8-3-1-7(2-4-8)13-19-12-14(20-16(18)21-15(12)25)22(13)11-5-9(24)10(6-23)26-11/h1-4,9-11,23-24H,5-6,17H2,(H3,18,20,21,25)/t9-,10+,11+/m0/s1. The van der Waals surface area contributed by atoms with Crippen molar-refractivity contribution in [3.05, 3.63) is 34.6 Å². The Morgan fingerprint density at radius 3 is 2.65 bits per heavy atom.